The minimum absolute atomic E-state index is 0.294. The van der Waals surface area contributed by atoms with Gasteiger partial charge in [-0.25, -0.2) is 0 Å². The number of rotatable bonds is 6. The predicted molar refractivity (Wildman–Crippen MR) is 85.4 cm³/mol. The topological polar surface area (TPSA) is 110 Å². The highest BCUT2D eigenvalue weighted by Gasteiger charge is 2.24. The van der Waals surface area contributed by atoms with Gasteiger partial charge in [0.05, 0.1) is 13.2 Å². The molecule has 0 bridgehead atoms. The Bertz CT molecular complexity index is 670. The van der Waals surface area contributed by atoms with Crippen molar-refractivity contribution in [1.82, 2.24) is 25.3 Å². The van der Waals surface area contributed by atoms with Crippen LogP contribution in [0.15, 0.2) is 6.07 Å². The largest absolute Gasteiger partial charge is 0.469 e. The Balaban J connectivity index is 1.61. The van der Waals surface area contributed by atoms with Crippen LogP contribution in [0.1, 0.15) is 46.9 Å². The lowest BCUT2D eigenvalue weighted by Crippen LogP contribution is -2.34. The number of carbonyl (C=O) groups excluding carboxylic acids is 1. The number of primary amides is 1. The van der Waals surface area contributed by atoms with Gasteiger partial charge in [0, 0.05) is 18.2 Å². The van der Waals surface area contributed by atoms with Gasteiger partial charge < -0.3 is 10.5 Å². The summed E-state index contributed by atoms with van der Waals surface area (Å²) in [7, 11) is 0. The summed E-state index contributed by atoms with van der Waals surface area (Å²) < 4.78 is 5.36. The molecule has 2 aromatic rings. The quantitative estimate of drug-likeness (QED) is 0.818. The Morgan fingerprint density at radius 2 is 2.43 bits per heavy atom. The Kier molecular flexibility index (Phi) is 4.87. The highest BCUT2D eigenvalue weighted by Crippen LogP contribution is 2.28. The summed E-state index contributed by atoms with van der Waals surface area (Å²) in [6.07, 6.45) is 2.16. The second-order valence-corrected chi connectivity index (χ2v) is 6.57. The van der Waals surface area contributed by atoms with Crippen LogP contribution in [0, 0.1) is 0 Å². The SMILES string of the molecule is CCOc1nnc(CN2CCCC(c3cc(C(N)=O)n[nH]3)C2)s1. The van der Waals surface area contributed by atoms with Crippen LogP contribution in [-0.2, 0) is 6.54 Å². The number of nitrogens with one attached hydrogen (secondary N) is 1. The molecule has 1 amide bonds. The molecule has 0 radical (unpaired) electrons. The van der Waals surface area contributed by atoms with Crippen LogP contribution in [0.2, 0.25) is 0 Å². The van der Waals surface area contributed by atoms with Crippen LogP contribution in [0.3, 0.4) is 0 Å². The van der Waals surface area contributed by atoms with Gasteiger partial charge in [-0.1, -0.05) is 11.3 Å². The number of nitrogens with zero attached hydrogens (tertiary/aromatic N) is 4. The summed E-state index contributed by atoms with van der Waals surface area (Å²) in [6.45, 7) is 5.21. The zero-order valence-electron chi connectivity index (χ0n) is 13.0. The van der Waals surface area contributed by atoms with Crippen LogP contribution in [0.5, 0.6) is 5.19 Å². The zero-order chi connectivity index (χ0) is 16.2. The van der Waals surface area contributed by atoms with Crippen molar-refractivity contribution in [3.05, 3.63) is 22.5 Å². The third-order valence-electron chi connectivity index (χ3n) is 3.87. The number of aromatic nitrogens is 4. The molecule has 2 aromatic heterocycles. The van der Waals surface area contributed by atoms with E-state index in [0.717, 1.165) is 43.2 Å². The van der Waals surface area contributed by atoms with E-state index in [1.54, 1.807) is 6.07 Å². The second kappa shape index (κ2) is 7.05. The Hall–Kier alpha value is -2.00. The van der Waals surface area contributed by atoms with Gasteiger partial charge in [0.15, 0.2) is 0 Å². The first-order valence-corrected chi connectivity index (χ1v) is 8.50. The number of hydrogen-bond donors (Lipinski definition) is 2. The maximum absolute atomic E-state index is 11.2. The number of likely N-dealkylation sites (tertiary alicyclic amines) is 1. The molecule has 1 aliphatic heterocycles. The van der Waals surface area contributed by atoms with Crippen LogP contribution >= 0.6 is 11.3 Å². The summed E-state index contributed by atoms with van der Waals surface area (Å²) in [6, 6.07) is 1.76. The fourth-order valence-electron chi connectivity index (χ4n) is 2.80. The molecule has 1 unspecified atom stereocenters. The van der Waals surface area contributed by atoms with E-state index in [4.69, 9.17) is 10.5 Å². The number of hydrogen-bond acceptors (Lipinski definition) is 7. The van der Waals surface area contributed by atoms with Crippen molar-refractivity contribution in [2.24, 2.45) is 5.73 Å². The Labute approximate surface area is 138 Å². The molecule has 1 aliphatic rings. The highest BCUT2D eigenvalue weighted by molar-refractivity contribution is 7.13. The van der Waals surface area contributed by atoms with Gasteiger partial charge in [-0.2, -0.15) is 5.10 Å². The minimum Gasteiger partial charge on any atom is -0.469 e. The van der Waals surface area contributed by atoms with Crippen molar-refractivity contribution in [3.63, 3.8) is 0 Å². The summed E-state index contributed by atoms with van der Waals surface area (Å²) in [5.74, 6) is -0.180. The molecule has 1 fully saturated rings. The van der Waals surface area contributed by atoms with Crippen LogP contribution in [-0.4, -0.2) is 50.9 Å². The first-order chi connectivity index (χ1) is 11.2. The van der Waals surface area contributed by atoms with Gasteiger partial charge in [-0.05, 0) is 32.4 Å². The number of aromatic amines is 1. The summed E-state index contributed by atoms with van der Waals surface area (Å²) in [4.78, 5) is 13.5. The summed E-state index contributed by atoms with van der Waals surface area (Å²) in [5, 5.41) is 16.7. The van der Waals surface area contributed by atoms with Crippen LogP contribution in [0.25, 0.3) is 0 Å². The average molecular weight is 336 g/mol. The third-order valence-corrected chi connectivity index (χ3v) is 4.69. The van der Waals surface area contributed by atoms with Crippen molar-refractivity contribution in [2.75, 3.05) is 19.7 Å². The number of amides is 1. The standard InChI is InChI=1S/C14H20N6O2S/c1-2-22-14-19-18-12(23-14)8-20-5-3-4-9(7-20)10-6-11(13(15)21)17-16-10/h6,9H,2-5,7-8H2,1H3,(H2,15,21)(H,16,17). The first-order valence-electron chi connectivity index (χ1n) is 7.68. The third kappa shape index (κ3) is 3.85. The number of piperidine rings is 1. The van der Waals surface area contributed by atoms with E-state index in [0.29, 0.717) is 23.4 Å². The molecule has 1 saturated heterocycles. The predicted octanol–water partition coefficient (Wildman–Crippen LogP) is 1.14. The molecule has 124 valence electrons. The molecule has 0 spiro atoms. The molecule has 0 saturated carbocycles. The molecule has 1 atom stereocenters. The van der Waals surface area contributed by atoms with E-state index in [-0.39, 0.29) is 0 Å². The van der Waals surface area contributed by atoms with Gasteiger partial charge in [0.2, 0.25) is 0 Å². The zero-order valence-corrected chi connectivity index (χ0v) is 13.8. The molecule has 9 heteroatoms. The van der Waals surface area contributed by atoms with E-state index in [1.165, 1.54) is 11.3 Å². The maximum atomic E-state index is 11.2. The lowest BCUT2D eigenvalue weighted by Gasteiger charge is -2.31. The molecule has 3 N–H and O–H groups in total. The molecular formula is C14H20N6O2S. The molecule has 8 nitrogen and oxygen atoms in total. The lowest BCUT2D eigenvalue weighted by molar-refractivity contribution is 0.0995. The van der Waals surface area contributed by atoms with Crippen molar-refractivity contribution in [3.8, 4) is 5.19 Å². The van der Waals surface area contributed by atoms with Gasteiger partial charge in [-0.3, -0.25) is 14.8 Å². The maximum Gasteiger partial charge on any atom is 0.294 e. The summed E-state index contributed by atoms with van der Waals surface area (Å²) >= 11 is 1.49. The number of nitrogens with two attached hydrogens (primary N) is 1. The van der Waals surface area contributed by atoms with Crippen LogP contribution < -0.4 is 10.5 Å². The van der Waals surface area contributed by atoms with Crippen molar-refractivity contribution in [2.45, 2.75) is 32.2 Å². The number of carbonyl (C=O) groups is 1. The van der Waals surface area contributed by atoms with E-state index < -0.39 is 5.91 Å². The minimum atomic E-state index is -0.502. The van der Waals surface area contributed by atoms with E-state index in [9.17, 15) is 4.79 Å². The van der Waals surface area contributed by atoms with Crippen molar-refractivity contribution in [1.29, 1.82) is 0 Å². The van der Waals surface area contributed by atoms with E-state index >= 15 is 0 Å². The average Bonchev–Trinajstić information content (AvgIpc) is 3.17. The second-order valence-electron chi connectivity index (χ2n) is 5.54. The smallest absolute Gasteiger partial charge is 0.294 e. The Morgan fingerprint density at radius 1 is 1.57 bits per heavy atom. The van der Waals surface area contributed by atoms with Crippen molar-refractivity contribution >= 4 is 17.2 Å². The highest BCUT2D eigenvalue weighted by atomic mass is 32.1. The fourth-order valence-corrected chi connectivity index (χ4v) is 3.59. The number of ether oxygens (including phenoxy) is 1. The fraction of sp³-hybridized carbons (Fsp3) is 0.571. The normalized spacial score (nSPS) is 18.9. The van der Waals surface area contributed by atoms with E-state index in [2.05, 4.69) is 25.3 Å². The van der Waals surface area contributed by atoms with Crippen molar-refractivity contribution < 1.29 is 9.53 Å². The van der Waals surface area contributed by atoms with Gasteiger partial charge in [0.1, 0.15) is 10.7 Å². The van der Waals surface area contributed by atoms with Gasteiger partial charge in [-0.15, -0.1) is 10.2 Å². The summed E-state index contributed by atoms with van der Waals surface area (Å²) in [5.41, 5.74) is 6.52. The van der Waals surface area contributed by atoms with E-state index in [1.807, 2.05) is 6.92 Å². The molecule has 0 aliphatic carbocycles. The van der Waals surface area contributed by atoms with Crippen LogP contribution in [0.4, 0.5) is 0 Å². The van der Waals surface area contributed by atoms with Gasteiger partial charge >= 0.3 is 0 Å². The molecule has 23 heavy (non-hydrogen) atoms. The monoisotopic (exact) mass is 336 g/mol. The molecular weight excluding hydrogens is 316 g/mol. The molecule has 3 heterocycles. The lowest BCUT2D eigenvalue weighted by atomic mass is 9.94. The van der Waals surface area contributed by atoms with Gasteiger partial charge in [0.25, 0.3) is 11.1 Å². The Morgan fingerprint density at radius 3 is 3.17 bits per heavy atom. The number of H-pyrrole nitrogens is 1. The molecule has 3 rings (SSSR count). The first kappa shape index (κ1) is 15.9. The molecule has 0 aromatic carbocycles.